The van der Waals surface area contributed by atoms with Crippen LogP contribution in [0.2, 0.25) is 5.02 Å². The zero-order valence-corrected chi connectivity index (χ0v) is 15.3. The molecule has 2 aromatic rings. The summed E-state index contributed by atoms with van der Waals surface area (Å²) in [6.07, 6.45) is 0.542. The van der Waals surface area contributed by atoms with E-state index in [0.717, 1.165) is 5.56 Å². The van der Waals surface area contributed by atoms with Crippen molar-refractivity contribution in [3.63, 3.8) is 0 Å². The standard InChI is InChI=1S/C17H20ClN3O3S/c1-2-11-25(23,24)21-15-9-7-14(8-10-15)20-17(22)19-12-13-5-3-4-6-16(13)18/h3-10,21H,2,11-12H2,1H3,(H2,19,20,22). The zero-order chi connectivity index (χ0) is 18.3. The molecule has 0 unspecified atom stereocenters. The molecule has 0 aliphatic heterocycles. The molecule has 0 saturated heterocycles. The maximum Gasteiger partial charge on any atom is 0.319 e. The number of amides is 2. The number of hydrogen-bond donors (Lipinski definition) is 3. The Labute approximate surface area is 152 Å². The molecule has 0 fully saturated rings. The number of urea groups is 1. The highest BCUT2D eigenvalue weighted by molar-refractivity contribution is 7.92. The largest absolute Gasteiger partial charge is 0.334 e. The van der Waals surface area contributed by atoms with Crippen LogP contribution in [-0.2, 0) is 16.6 Å². The molecule has 0 spiro atoms. The Morgan fingerprint density at radius 1 is 1.04 bits per heavy atom. The van der Waals surface area contributed by atoms with Gasteiger partial charge in [0.05, 0.1) is 5.75 Å². The maximum atomic E-state index is 11.9. The van der Waals surface area contributed by atoms with E-state index in [1.165, 1.54) is 0 Å². The number of carbonyl (C=O) groups excluding carboxylic acids is 1. The number of anilines is 2. The fraction of sp³-hybridized carbons (Fsp3) is 0.235. The highest BCUT2D eigenvalue weighted by atomic mass is 35.5. The fourth-order valence-electron chi connectivity index (χ4n) is 2.11. The first-order valence-corrected chi connectivity index (χ1v) is 9.81. The average Bonchev–Trinajstić information content (AvgIpc) is 2.55. The lowest BCUT2D eigenvalue weighted by Crippen LogP contribution is -2.28. The highest BCUT2D eigenvalue weighted by Crippen LogP contribution is 2.16. The summed E-state index contributed by atoms with van der Waals surface area (Å²) in [4.78, 5) is 11.9. The van der Waals surface area contributed by atoms with Crippen LogP contribution in [0.3, 0.4) is 0 Å². The van der Waals surface area contributed by atoms with E-state index < -0.39 is 10.0 Å². The van der Waals surface area contributed by atoms with Crippen LogP contribution in [0.25, 0.3) is 0 Å². The second-order valence-corrected chi connectivity index (χ2v) is 7.65. The minimum Gasteiger partial charge on any atom is -0.334 e. The van der Waals surface area contributed by atoms with Crippen molar-refractivity contribution in [2.45, 2.75) is 19.9 Å². The van der Waals surface area contributed by atoms with E-state index in [1.54, 1.807) is 37.3 Å². The molecule has 25 heavy (non-hydrogen) atoms. The Morgan fingerprint density at radius 2 is 1.68 bits per heavy atom. The molecule has 0 radical (unpaired) electrons. The van der Waals surface area contributed by atoms with Gasteiger partial charge in [0, 0.05) is 22.9 Å². The lowest BCUT2D eigenvalue weighted by atomic mass is 10.2. The Kier molecular flexibility index (Phi) is 6.66. The van der Waals surface area contributed by atoms with E-state index in [2.05, 4.69) is 15.4 Å². The van der Waals surface area contributed by atoms with Crippen molar-refractivity contribution in [2.75, 3.05) is 15.8 Å². The first kappa shape index (κ1) is 19.1. The summed E-state index contributed by atoms with van der Waals surface area (Å²) < 4.78 is 25.9. The van der Waals surface area contributed by atoms with E-state index in [1.807, 2.05) is 18.2 Å². The van der Waals surface area contributed by atoms with Gasteiger partial charge in [-0.1, -0.05) is 36.7 Å². The molecule has 3 N–H and O–H groups in total. The summed E-state index contributed by atoms with van der Waals surface area (Å²) in [5.74, 6) is 0.0669. The molecule has 0 atom stereocenters. The summed E-state index contributed by atoms with van der Waals surface area (Å²) in [6.45, 7) is 2.11. The molecule has 0 bridgehead atoms. The van der Waals surface area contributed by atoms with Crippen LogP contribution in [0.1, 0.15) is 18.9 Å². The number of hydrogen-bond acceptors (Lipinski definition) is 3. The molecule has 0 aliphatic carbocycles. The topological polar surface area (TPSA) is 87.3 Å². The first-order chi connectivity index (χ1) is 11.9. The van der Waals surface area contributed by atoms with Gasteiger partial charge in [-0.3, -0.25) is 4.72 Å². The number of carbonyl (C=O) groups is 1. The molecule has 134 valence electrons. The van der Waals surface area contributed by atoms with Gasteiger partial charge in [-0.25, -0.2) is 13.2 Å². The Balaban J connectivity index is 1.88. The highest BCUT2D eigenvalue weighted by Gasteiger charge is 2.09. The van der Waals surface area contributed by atoms with Gasteiger partial charge >= 0.3 is 6.03 Å². The lowest BCUT2D eigenvalue weighted by Gasteiger charge is -2.10. The third kappa shape index (κ3) is 6.28. The minimum atomic E-state index is -3.33. The van der Waals surface area contributed by atoms with E-state index in [-0.39, 0.29) is 11.8 Å². The van der Waals surface area contributed by atoms with Crippen molar-refractivity contribution < 1.29 is 13.2 Å². The van der Waals surface area contributed by atoms with Gasteiger partial charge in [0.2, 0.25) is 10.0 Å². The molecule has 0 aromatic heterocycles. The maximum absolute atomic E-state index is 11.9. The second-order valence-electron chi connectivity index (χ2n) is 5.40. The number of nitrogens with one attached hydrogen (secondary N) is 3. The van der Waals surface area contributed by atoms with Crippen molar-refractivity contribution in [1.29, 1.82) is 0 Å². The molecule has 2 amide bonds. The quantitative estimate of drug-likeness (QED) is 0.681. The van der Waals surface area contributed by atoms with Crippen molar-refractivity contribution in [3.05, 3.63) is 59.1 Å². The van der Waals surface area contributed by atoms with E-state index in [0.29, 0.717) is 29.4 Å². The SMILES string of the molecule is CCCS(=O)(=O)Nc1ccc(NC(=O)NCc2ccccc2Cl)cc1. The molecule has 2 aromatic carbocycles. The third-order valence-corrected chi connectivity index (χ3v) is 5.15. The summed E-state index contributed by atoms with van der Waals surface area (Å²) in [7, 11) is -3.33. The monoisotopic (exact) mass is 381 g/mol. The van der Waals surface area contributed by atoms with Gasteiger partial charge in [0.1, 0.15) is 0 Å². The van der Waals surface area contributed by atoms with E-state index >= 15 is 0 Å². The van der Waals surface area contributed by atoms with Crippen molar-refractivity contribution >= 4 is 39.0 Å². The van der Waals surface area contributed by atoms with Crippen LogP contribution >= 0.6 is 11.6 Å². The number of sulfonamides is 1. The van der Waals surface area contributed by atoms with Gasteiger partial charge in [-0.05, 0) is 42.3 Å². The van der Waals surface area contributed by atoms with Crippen molar-refractivity contribution in [2.24, 2.45) is 0 Å². The number of rotatable bonds is 7. The molecule has 2 rings (SSSR count). The molecule has 8 heteroatoms. The number of benzene rings is 2. The summed E-state index contributed by atoms with van der Waals surface area (Å²) >= 11 is 6.03. The molecule has 0 saturated carbocycles. The van der Waals surface area contributed by atoms with E-state index in [9.17, 15) is 13.2 Å². The lowest BCUT2D eigenvalue weighted by molar-refractivity contribution is 0.251. The molecule has 0 heterocycles. The minimum absolute atomic E-state index is 0.0669. The van der Waals surface area contributed by atoms with Gasteiger partial charge in [0.15, 0.2) is 0 Å². The van der Waals surface area contributed by atoms with Crippen LogP contribution in [0.4, 0.5) is 16.2 Å². The van der Waals surface area contributed by atoms with Gasteiger partial charge < -0.3 is 10.6 Å². The van der Waals surface area contributed by atoms with Crippen LogP contribution in [0.5, 0.6) is 0 Å². The Hall–Kier alpha value is -2.25. The molecule has 6 nitrogen and oxygen atoms in total. The van der Waals surface area contributed by atoms with Crippen LogP contribution in [0, 0.1) is 0 Å². The Bertz CT molecular complexity index is 823. The Morgan fingerprint density at radius 3 is 2.32 bits per heavy atom. The molecule has 0 aliphatic rings. The zero-order valence-electron chi connectivity index (χ0n) is 13.8. The van der Waals surface area contributed by atoms with Crippen molar-refractivity contribution in [3.8, 4) is 0 Å². The summed E-state index contributed by atoms with van der Waals surface area (Å²) in [5.41, 5.74) is 1.82. The molecular formula is C17H20ClN3O3S. The normalized spacial score (nSPS) is 11.0. The van der Waals surface area contributed by atoms with E-state index in [4.69, 9.17) is 11.6 Å². The van der Waals surface area contributed by atoms with Crippen molar-refractivity contribution in [1.82, 2.24) is 5.32 Å². The summed E-state index contributed by atoms with van der Waals surface area (Å²) in [5, 5.41) is 5.98. The average molecular weight is 382 g/mol. The summed E-state index contributed by atoms with van der Waals surface area (Å²) in [6, 6.07) is 13.3. The number of halogens is 1. The van der Waals surface area contributed by atoms with Gasteiger partial charge in [0.25, 0.3) is 0 Å². The van der Waals surface area contributed by atoms with Crippen LogP contribution in [-0.4, -0.2) is 20.2 Å². The first-order valence-electron chi connectivity index (χ1n) is 7.78. The van der Waals surface area contributed by atoms with Crippen LogP contribution in [0.15, 0.2) is 48.5 Å². The predicted molar refractivity (Wildman–Crippen MR) is 101 cm³/mol. The fourth-order valence-corrected chi connectivity index (χ4v) is 3.45. The van der Waals surface area contributed by atoms with Crippen LogP contribution < -0.4 is 15.4 Å². The van der Waals surface area contributed by atoms with Gasteiger partial charge in [-0.15, -0.1) is 0 Å². The van der Waals surface area contributed by atoms with Gasteiger partial charge in [-0.2, -0.15) is 0 Å². The second kappa shape index (κ2) is 8.73. The smallest absolute Gasteiger partial charge is 0.319 e. The predicted octanol–water partition coefficient (Wildman–Crippen LogP) is 3.81. The molecular weight excluding hydrogens is 362 g/mol. The third-order valence-electron chi connectivity index (χ3n) is 3.29.